The van der Waals surface area contributed by atoms with Gasteiger partial charge in [-0.2, -0.15) is 0 Å². The molecule has 0 aliphatic heterocycles. The molecular formula is C57H104O5. The molecule has 0 rings (SSSR count). The van der Waals surface area contributed by atoms with Gasteiger partial charge in [0, 0.05) is 19.4 Å². The molecule has 0 aromatic rings. The normalized spacial score (nSPS) is 12.5. The maximum Gasteiger partial charge on any atom is 0.306 e. The smallest absolute Gasteiger partial charge is 0.306 e. The van der Waals surface area contributed by atoms with Gasteiger partial charge in [0.25, 0.3) is 0 Å². The summed E-state index contributed by atoms with van der Waals surface area (Å²) in [4.78, 5) is 25.4. The van der Waals surface area contributed by atoms with Gasteiger partial charge in [0.2, 0.25) is 0 Å². The largest absolute Gasteiger partial charge is 0.462 e. The predicted octanol–water partition coefficient (Wildman–Crippen LogP) is 18.3. The molecule has 0 aromatic heterocycles. The second-order valence-electron chi connectivity index (χ2n) is 18.1. The molecule has 362 valence electrons. The summed E-state index contributed by atoms with van der Waals surface area (Å²) in [7, 11) is 0. The Labute approximate surface area is 386 Å². The van der Waals surface area contributed by atoms with Crippen molar-refractivity contribution in [3.63, 3.8) is 0 Å². The van der Waals surface area contributed by atoms with Crippen molar-refractivity contribution in [1.29, 1.82) is 0 Å². The number of hydrogen-bond donors (Lipinski definition) is 0. The fourth-order valence-corrected chi connectivity index (χ4v) is 7.75. The lowest BCUT2D eigenvalue weighted by atomic mass is 10.1. The summed E-state index contributed by atoms with van der Waals surface area (Å²) in [6.45, 7) is 7.81. The molecule has 0 saturated heterocycles. The number of unbranched alkanes of at least 4 members (excludes halogenated alkanes) is 31. The third-order valence-corrected chi connectivity index (χ3v) is 11.8. The van der Waals surface area contributed by atoms with E-state index in [2.05, 4.69) is 69.4 Å². The van der Waals surface area contributed by atoms with E-state index in [9.17, 15) is 9.59 Å². The number of carbonyl (C=O) groups is 2. The van der Waals surface area contributed by atoms with Crippen LogP contribution in [0.4, 0.5) is 0 Å². The maximum atomic E-state index is 12.8. The summed E-state index contributed by atoms with van der Waals surface area (Å²) in [6.07, 6.45) is 65.4. The van der Waals surface area contributed by atoms with Crippen LogP contribution in [-0.2, 0) is 23.8 Å². The van der Waals surface area contributed by atoms with Gasteiger partial charge in [0.1, 0.15) is 6.61 Å². The Morgan fingerprint density at radius 3 is 1.13 bits per heavy atom. The van der Waals surface area contributed by atoms with Gasteiger partial charge in [-0.15, -0.1) is 0 Å². The van der Waals surface area contributed by atoms with Crippen molar-refractivity contribution >= 4 is 11.9 Å². The van der Waals surface area contributed by atoms with Gasteiger partial charge in [-0.1, -0.05) is 230 Å². The quantitative estimate of drug-likeness (QED) is 0.0346. The third-order valence-electron chi connectivity index (χ3n) is 11.8. The van der Waals surface area contributed by atoms with Crippen LogP contribution in [0.15, 0.2) is 48.6 Å². The van der Waals surface area contributed by atoms with Crippen molar-refractivity contribution in [1.82, 2.24) is 0 Å². The molecule has 0 aliphatic rings. The lowest BCUT2D eigenvalue weighted by Crippen LogP contribution is -2.30. The second-order valence-corrected chi connectivity index (χ2v) is 18.1. The first kappa shape index (κ1) is 59.9. The Hall–Kier alpha value is -2.14. The lowest BCUT2D eigenvalue weighted by Gasteiger charge is -2.18. The van der Waals surface area contributed by atoms with Crippen LogP contribution in [0.1, 0.15) is 278 Å². The Morgan fingerprint density at radius 2 is 0.677 bits per heavy atom. The van der Waals surface area contributed by atoms with Crippen LogP contribution >= 0.6 is 0 Å². The van der Waals surface area contributed by atoms with E-state index in [1.54, 1.807) is 0 Å². The van der Waals surface area contributed by atoms with E-state index in [0.717, 1.165) is 77.0 Å². The fourth-order valence-electron chi connectivity index (χ4n) is 7.75. The van der Waals surface area contributed by atoms with Gasteiger partial charge >= 0.3 is 11.9 Å². The van der Waals surface area contributed by atoms with E-state index in [-0.39, 0.29) is 25.2 Å². The van der Waals surface area contributed by atoms with E-state index in [1.807, 2.05) is 0 Å². The highest BCUT2D eigenvalue weighted by Crippen LogP contribution is 2.15. The van der Waals surface area contributed by atoms with Crippen LogP contribution in [0.2, 0.25) is 0 Å². The average molecular weight is 869 g/mol. The van der Waals surface area contributed by atoms with E-state index >= 15 is 0 Å². The van der Waals surface area contributed by atoms with Gasteiger partial charge in [-0.25, -0.2) is 0 Å². The Morgan fingerprint density at radius 1 is 0.355 bits per heavy atom. The first-order valence-corrected chi connectivity index (χ1v) is 27.2. The topological polar surface area (TPSA) is 61.8 Å². The number of hydrogen-bond acceptors (Lipinski definition) is 5. The van der Waals surface area contributed by atoms with Crippen LogP contribution in [-0.4, -0.2) is 37.9 Å². The minimum absolute atomic E-state index is 0.0782. The van der Waals surface area contributed by atoms with Crippen molar-refractivity contribution in [2.75, 3.05) is 19.8 Å². The molecular weight excluding hydrogens is 765 g/mol. The molecule has 5 nitrogen and oxygen atoms in total. The van der Waals surface area contributed by atoms with Gasteiger partial charge in [0.05, 0.1) is 6.61 Å². The Bertz CT molecular complexity index is 1030. The van der Waals surface area contributed by atoms with Crippen LogP contribution in [0.25, 0.3) is 0 Å². The summed E-state index contributed by atoms with van der Waals surface area (Å²) in [5, 5.41) is 0. The molecule has 0 heterocycles. The van der Waals surface area contributed by atoms with Crippen molar-refractivity contribution in [3.05, 3.63) is 48.6 Å². The fraction of sp³-hybridized carbons (Fsp3) is 0.825. The molecule has 0 aromatic carbocycles. The molecule has 0 amide bonds. The second kappa shape index (κ2) is 53.2. The van der Waals surface area contributed by atoms with E-state index in [4.69, 9.17) is 14.2 Å². The van der Waals surface area contributed by atoms with Gasteiger partial charge in [-0.05, 0) is 83.5 Å². The molecule has 5 heteroatoms. The highest BCUT2D eigenvalue weighted by Gasteiger charge is 2.17. The van der Waals surface area contributed by atoms with Crippen LogP contribution in [0, 0.1) is 0 Å². The van der Waals surface area contributed by atoms with Crippen LogP contribution < -0.4 is 0 Å². The van der Waals surface area contributed by atoms with Crippen LogP contribution in [0.3, 0.4) is 0 Å². The first-order chi connectivity index (χ1) is 30.6. The molecule has 0 fully saturated rings. The summed E-state index contributed by atoms with van der Waals surface area (Å²) < 4.78 is 17.4. The highest BCUT2D eigenvalue weighted by molar-refractivity contribution is 5.70. The van der Waals surface area contributed by atoms with Crippen molar-refractivity contribution in [3.8, 4) is 0 Å². The number of carbonyl (C=O) groups excluding carboxylic acids is 2. The first-order valence-electron chi connectivity index (χ1n) is 27.2. The van der Waals surface area contributed by atoms with Crippen molar-refractivity contribution in [2.24, 2.45) is 0 Å². The molecule has 0 N–H and O–H groups in total. The van der Waals surface area contributed by atoms with Gasteiger partial charge in [0.15, 0.2) is 6.10 Å². The highest BCUT2D eigenvalue weighted by atomic mass is 16.6. The number of rotatable bonds is 50. The summed E-state index contributed by atoms with van der Waals surface area (Å²) in [5.41, 5.74) is 0. The molecule has 0 bridgehead atoms. The minimum atomic E-state index is -0.542. The molecule has 0 saturated carbocycles. The zero-order valence-electron chi connectivity index (χ0n) is 41.6. The maximum absolute atomic E-state index is 12.8. The van der Waals surface area contributed by atoms with Gasteiger partial charge in [-0.3, -0.25) is 9.59 Å². The zero-order valence-corrected chi connectivity index (χ0v) is 41.6. The standard InChI is InChI=1S/C57H104O5/c1-4-7-10-13-16-19-22-25-27-28-29-30-32-33-35-38-41-44-47-50-56(58)61-54-55(53-60-52-49-46-43-40-37-24-21-18-15-12-9-6-3)62-57(59)51-48-45-42-39-36-34-31-26-23-20-17-14-11-8-5-2/h16,19,25-27,29-31,55H,4-15,17-18,20-24,28,32-54H2,1-3H3/b19-16-,27-25-,30-29-,31-26-. The summed E-state index contributed by atoms with van der Waals surface area (Å²) in [5.74, 6) is -0.409. The number of allylic oxidation sites excluding steroid dienone is 8. The van der Waals surface area contributed by atoms with Crippen molar-refractivity contribution in [2.45, 2.75) is 284 Å². The Balaban J connectivity index is 4.26. The molecule has 0 aliphatic carbocycles. The van der Waals surface area contributed by atoms with Crippen LogP contribution in [0.5, 0.6) is 0 Å². The van der Waals surface area contributed by atoms with E-state index < -0.39 is 6.10 Å². The minimum Gasteiger partial charge on any atom is -0.462 e. The summed E-state index contributed by atoms with van der Waals surface area (Å²) in [6, 6.07) is 0. The molecule has 62 heavy (non-hydrogen) atoms. The molecule has 1 unspecified atom stereocenters. The average Bonchev–Trinajstić information content (AvgIpc) is 3.27. The predicted molar refractivity (Wildman–Crippen MR) is 270 cm³/mol. The van der Waals surface area contributed by atoms with Crippen molar-refractivity contribution < 1.29 is 23.8 Å². The number of ether oxygens (including phenoxy) is 3. The monoisotopic (exact) mass is 869 g/mol. The van der Waals surface area contributed by atoms with Gasteiger partial charge < -0.3 is 14.2 Å². The molecule has 1 atom stereocenters. The SMILES string of the molecule is CCCCC/C=C\C/C=C\C/C=C\CCCCCCCCC(=O)OCC(COCCCCCCCCCCCCCC)OC(=O)CCCCCCC/C=C\CCCCCCCC. The molecule has 0 radical (unpaired) electrons. The Kier molecular flexibility index (Phi) is 51.4. The van der Waals surface area contributed by atoms with E-state index in [1.165, 1.54) is 167 Å². The molecule has 0 spiro atoms. The zero-order chi connectivity index (χ0) is 44.9. The third kappa shape index (κ3) is 50.5. The number of esters is 2. The van der Waals surface area contributed by atoms with E-state index in [0.29, 0.717) is 19.4 Å². The lowest BCUT2D eigenvalue weighted by molar-refractivity contribution is -0.163. The summed E-state index contributed by atoms with van der Waals surface area (Å²) >= 11 is 0.